The molecule has 4 N–H and O–H groups in total. The fourth-order valence-corrected chi connectivity index (χ4v) is 2.30. The van der Waals surface area contributed by atoms with Crippen LogP contribution in [0.4, 0.5) is 4.39 Å². The van der Waals surface area contributed by atoms with Gasteiger partial charge in [-0.2, -0.15) is 0 Å². The lowest BCUT2D eigenvalue weighted by molar-refractivity contribution is -0.144. The highest BCUT2D eigenvalue weighted by atomic mass is 35.5. The molecule has 0 aliphatic heterocycles. The topological polar surface area (TPSA) is 148 Å². The number of halogens is 2. The summed E-state index contributed by atoms with van der Waals surface area (Å²) in [6, 6.07) is 0.325. The molecule has 0 saturated carbocycles. The summed E-state index contributed by atoms with van der Waals surface area (Å²) in [7, 11) is 0. The molecule has 156 valence electrons. The van der Waals surface area contributed by atoms with E-state index in [1.165, 1.54) is 6.07 Å². The maximum Gasteiger partial charge on any atom is 0.291 e. The minimum atomic E-state index is -2.43. The third kappa shape index (κ3) is 7.51. The lowest BCUT2D eigenvalue weighted by Crippen LogP contribution is -2.56. The Morgan fingerprint density at radius 2 is 2.00 bits per heavy atom. The first-order valence-corrected chi connectivity index (χ1v) is 8.87. The summed E-state index contributed by atoms with van der Waals surface area (Å²) < 4.78 is 18.0. The third-order valence-electron chi connectivity index (χ3n) is 3.47. The average molecular weight is 420 g/mol. The summed E-state index contributed by atoms with van der Waals surface area (Å²) in [5, 5.41) is 6.61. The van der Waals surface area contributed by atoms with Gasteiger partial charge < -0.3 is 15.6 Å². The zero-order valence-electron chi connectivity index (χ0n) is 15.7. The van der Waals surface area contributed by atoms with Crippen LogP contribution >= 0.6 is 11.6 Å². The molecule has 1 aromatic rings. The van der Waals surface area contributed by atoms with E-state index >= 15 is 0 Å². The van der Waals surface area contributed by atoms with Gasteiger partial charge in [0.25, 0.3) is 23.4 Å². The van der Waals surface area contributed by atoms with Gasteiger partial charge in [-0.3, -0.25) is 24.6 Å². The molecule has 0 aromatic carbocycles. The lowest BCUT2D eigenvalue weighted by atomic mass is 10.0. The van der Waals surface area contributed by atoms with Crippen LogP contribution in [-0.2, 0) is 14.4 Å². The number of nitrogens with one attached hydrogen (secondary N) is 2. The number of carbonyl (C=O) groups is 4. The maximum atomic E-state index is 13.2. The Kier molecular flexibility index (Phi) is 8.83. The fourth-order valence-electron chi connectivity index (χ4n) is 2.18. The zero-order valence-corrected chi connectivity index (χ0v) is 16.5. The van der Waals surface area contributed by atoms with Crippen LogP contribution in [-0.4, -0.2) is 52.0 Å². The number of carbonyl (C=O) groups excluding carboxylic acids is 4. The Morgan fingerprint density at radius 3 is 2.46 bits per heavy atom. The van der Waals surface area contributed by atoms with Gasteiger partial charge in [0.2, 0.25) is 5.91 Å². The van der Waals surface area contributed by atoms with Crippen LogP contribution in [0.3, 0.4) is 0 Å². The Hall–Kier alpha value is -2.69. The summed E-state index contributed by atoms with van der Waals surface area (Å²) in [4.78, 5) is 47.6. The zero-order chi connectivity index (χ0) is 21.4. The van der Waals surface area contributed by atoms with Gasteiger partial charge in [0.15, 0.2) is 5.69 Å². The minimum absolute atomic E-state index is 0.00758. The second-order valence-electron chi connectivity index (χ2n) is 6.46. The van der Waals surface area contributed by atoms with E-state index in [4.69, 9.17) is 21.9 Å². The molecule has 0 radical (unpaired) electrons. The van der Waals surface area contributed by atoms with Gasteiger partial charge >= 0.3 is 0 Å². The molecule has 1 unspecified atom stereocenters. The Labute approximate surface area is 165 Å². The number of nitrogens with two attached hydrogens (primary N) is 1. The minimum Gasteiger partial charge on any atom is -0.370 e. The molecule has 12 heteroatoms. The van der Waals surface area contributed by atoms with Crippen LogP contribution in [0.1, 0.15) is 42.9 Å². The van der Waals surface area contributed by atoms with E-state index in [0.29, 0.717) is 10.8 Å². The van der Waals surface area contributed by atoms with Crippen molar-refractivity contribution in [3.8, 4) is 0 Å². The molecule has 0 bridgehead atoms. The van der Waals surface area contributed by atoms with Crippen molar-refractivity contribution in [3.05, 3.63) is 17.5 Å². The molecular weight excluding hydrogens is 397 g/mol. The van der Waals surface area contributed by atoms with Gasteiger partial charge in [0, 0.05) is 12.5 Å². The molecule has 2 atom stereocenters. The first-order valence-electron chi connectivity index (χ1n) is 8.43. The second kappa shape index (κ2) is 10.6. The average Bonchev–Trinajstić information content (AvgIpc) is 3.03. The number of hydrogen-bond acceptors (Lipinski definition) is 6. The Balaban J connectivity index is 2.91. The summed E-state index contributed by atoms with van der Waals surface area (Å²) in [6.45, 7) is 4.86. The first kappa shape index (κ1) is 23.3. The molecule has 4 amide bonds. The highest BCUT2D eigenvalue weighted by Gasteiger charge is 2.29. The van der Waals surface area contributed by atoms with E-state index in [2.05, 4.69) is 15.9 Å². The van der Waals surface area contributed by atoms with Crippen molar-refractivity contribution in [1.29, 1.82) is 0 Å². The monoisotopic (exact) mass is 419 g/mol. The van der Waals surface area contributed by atoms with Gasteiger partial charge in [0.05, 0.1) is 6.54 Å². The van der Waals surface area contributed by atoms with E-state index in [0.717, 1.165) is 0 Å². The number of primary amides is 1. The van der Waals surface area contributed by atoms with Crippen molar-refractivity contribution in [1.82, 2.24) is 20.9 Å². The number of alkyl halides is 2. The standard InChI is InChI=1S/C16H23ClFN5O5/c1-8(2)6-10(20-14(25)11-7-9(3)28-22-11)15(26)21-23(5-4-12(19)24)16(27)13(17)18/h7-8,10,13H,4-6H2,1-3H3,(H2,19,24)(H,20,25)(H,21,26)/t10-,13?/m0/s1. The number of amides is 4. The van der Waals surface area contributed by atoms with Gasteiger partial charge in [-0.15, -0.1) is 0 Å². The molecule has 0 aliphatic carbocycles. The predicted octanol–water partition coefficient (Wildman–Crippen LogP) is 0.397. The van der Waals surface area contributed by atoms with Crippen molar-refractivity contribution >= 4 is 35.2 Å². The highest BCUT2D eigenvalue weighted by Crippen LogP contribution is 2.09. The van der Waals surface area contributed by atoms with E-state index in [1.807, 2.05) is 13.8 Å². The normalized spacial score (nSPS) is 12.9. The van der Waals surface area contributed by atoms with Gasteiger partial charge in [-0.05, 0) is 19.3 Å². The predicted molar refractivity (Wildman–Crippen MR) is 96.4 cm³/mol. The number of aryl methyl sites for hydroxylation is 1. The molecule has 1 aromatic heterocycles. The van der Waals surface area contributed by atoms with E-state index in [1.54, 1.807) is 6.92 Å². The van der Waals surface area contributed by atoms with Crippen LogP contribution in [0.2, 0.25) is 0 Å². The summed E-state index contributed by atoms with van der Waals surface area (Å²) in [5.41, 5.74) is 4.74. The molecule has 10 nitrogen and oxygen atoms in total. The molecule has 0 spiro atoms. The Bertz CT molecular complexity index is 724. The number of hydrogen-bond donors (Lipinski definition) is 3. The van der Waals surface area contributed by atoms with Gasteiger partial charge in [-0.1, -0.05) is 30.6 Å². The largest absolute Gasteiger partial charge is 0.370 e. The molecule has 0 saturated heterocycles. The van der Waals surface area contributed by atoms with E-state index in [-0.39, 0.29) is 31.0 Å². The fraction of sp³-hybridized carbons (Fsp3) is 0.562. The van der Waals surface area contributed by atoms with E-state index < -0.39 is 35.3 Å². The van der Waals surface area contributed by atoms with Crippen LogP contribution in [0.5, 0.6) is 0 Å². The lowest BCUT2D eigenvalue weighted by Gasteiger charge is -2.26. The van der Waals surface area contributed by atoms with Gasteiger partial charge in [0.1, 0.15) is 11.8 Å². The summed E-state index contributed by atoms with van der Waals surface area (Å²) in [5.74, 6) is -3.07. The number of rotatable bonds is 9. The number of hydrazine groups is 1. The molecule has 28 heavy (non-hydrogen) atoms. The molecule has 1 heterocycles. The van der Waals surface area contributed by atoms with Crippen molar-refractivity contribution in [2.75, 3.05) is 6.54 Å². The number of aromatic nitrogens is 1. The van der Waals surface area contributed by atoms with Crippen molar-refractivity contribution in [3.63, 3.8) is 0 Å². The van der Waals surface area contributed by atoms with Crippen LogP contribution < -0.4 is 16.5 Å². The van der Waals surface area contributed by atoms with E-state index in [9.17, 15) is 23.6 Å². The molecular formula is C16H23ClFN5O5. The van der Waals surface area contributed by atoms with Crippen LogP contribution in [0, 0.1) is 12.8 Å². The van der Waals surface area contributed by atoms with Crippen molar-refractivity contribution in [2.45, 2.75) is 45.3 Å². The maximum absolute atomic E-state index is 13.2. The van der Waals surface area contributed by atoms with Crippen molar-refractivity contribution in [2.24, 2.45) is 11.7 Å². The molecule has 0 aliphatic rings. The quantitative estimate of drug-likeness (QED) is 0.389. The molecule has 0 fully saturated rings. The summed E-state index contributed by atoms with van der Waals surface area (Å²) in [6.07, 6.45) is -0.110. The van der Waals surface area contributed by atoms with Crippen LogP contribution in [0.15, 0.2) is 10.6 Å². The van der Waals surface area contributed by atoms with Gasteiger partial charge in [-0.25, -0.2) is 9.40 Å². The number of nitrogens with zero attached hydrogens (tertiary/aromatic N) is 2. The third-order valence-corrected chi connectivity index (χ3v) is 3.66. The SMILES string of the molecule is Cc1cc(C(=O)N[C@@H](CC(C)C)C(=O)NN(CCC(N)=O)C(=O)C(F)Cl)no1. The first-order chi connectivity index (χ1) is 13.0. The Morgan fingerprint density at radius 1 is 1.36 bits per heavy atom. The smallest absolute Gasteiger partial charge is 0.291 e. The second-order valence-corrected chi connectivity index (χ2v) is 6.84. The molecule has 1 rings (SSSR count). The van der Waals surface area contributed by atoms with Crippen LogP contribution in [0.25, 0.3) is 0 Å². The van der Waals surface area contributed by atoms with Crippen molar-refractivity contribution < 1.29 is 28.1 Å². The summed E-state index contributed by atoms with van der Waals surface area (Å²) >= 11 is 5.14. The highest BCUT2D eigenvalue weighted by molar-refractivity contribution is 6.29.